The van der Waals surface area contributed by atoms with E-state index in [9.17, 15) is 9.59 Å². The first-order valence-electron chi connectivity index (χ1n) is 7.50. The fourth-order valence-electron chi connectivity index (χ4n) is 3.71. The Balaban J connectivity index is 1.52. The second-order valence-electron chi connectivity index (χ2n) is 6.15. The molecular formula is C14H23N3O2. The third kappa shape index (κ3) is 2.48. The van der Waals surface area contributed by atoms with Gasteiger partial charge >= 0.3 is 0 Å². The molecule has 3 fully saturated rings. The number of likely N-dealkylation sites (tertiary alicyclic amines) is 1. The molecule has 0 aliphatic carbocycles. The quantitative estimate of drug-likeness (QED) is 0.769. The first-order valence-corrected chi connectivity index (χ1v) is 7.50. The lowest BCUT2D eigenvalue weighted by atomic mass is 9.88. The molecule has 3 saturated heterocycles. The average Bonchev–Trinajstić information content (AvgIpc) is 3.13. The molecule has 4 unspecified atom stereocenters. The minimum atomic E-state index is -0.385. The van der Waals surface area contributed by atoms with Gasteiger partial charge in [0.25, 0.3) is 0 Å². The molecule has 0 aromatic rings. The van der Waals surface area contributed by atoms with E-state index in [1.54, 1.807) is 6.92 Å². The van der Waals surface area contributed by atoms with Crippen LogP contribution in [0.5, 0.6) is 0 Å². The van der Waals surface area contributed by atoms with E-state index in [1.807, 2.05) is 4.90 Å². The summed E-state index contributed by atoms with van der Waals surface area (Å²) in [5.41, 5.74) is 0. The van der Waals surface area contributed by atoms with Crippen LogP contribution in [0, 0.1) is 5.92 Å². The molecule has 106 valence electrons. The molecule has 0 saturated carbocycles. The van der Waals surface area contributed by atoms with Crippen molar-refractivity contribution in [3.8, 4) is 0 Å². The highest BCUT2D eigenvalue weighted by atomic mass is 16.2. The number of nitrogens with one attached hydrogen (secondary N) is 2. The molecule has 19 heavy (non-hydrogen) atoms. The van der Waals surface area contributed by atoms with Gasteiger partial charge in [0.2, 0.25) is 11.8 Å². The molecule has 2 bridgehead atoms. The normalized spacial score (nSPS) is 34.6. The molecule has 0 aromatic heterocycles. The maximum atomic E-state index is 12.2. The number of amides is 2. The summed E-state index contributed by atoms with van der Waals surface area (Å²) in [4.78, 5) is 26.3. The molecule has 3 rings (SSSR count). The zero-order valence-electron chi connectivity index (χ0n) is 11.5. The summed E-state index contributed by atoms with van der Waals surface area (Å²) in [5.74, 6) is 0.189. The van der Waals surface area contributed by atoms with Crippen molar-refractivity contribution in [1.82, 2.24) is 15.5 Å². The van der Waals surface area contributed by atoms with E-state index >= 15 is 0 Å². The van der Waals surface area contributed by atoms with E-state index in [4.69, 9.17) is 0 Å². The van der Waals surface area contributed by atoms with E-state index in [-0.39, 0.29) is 23.8 Å². The van der Waals surface area contributed by atoms with Crippen molar-refractivity contribution in [2.75, 3.05) is 13.1 Å². The van der Waals surface area contributed by atoms with Crippen molar-refractivity contribution in [3.05, 3.63) is 0 Å². The third-order valence-corrected chi connectivity index (χ3v) is 4.78. The maximum Gasteiger partial charge on any atom is 0.244 e. The Morgan fingerprint density at radius 3 is 2.58 bits per heavy atom. The summed E-state index contributed by atoms with van der Waals surface area (Å²) in [6.07, 6.45) is 5.39. The highest BCUT2D eigenvalue weighted by molar-refractivity contribution is 5.88. The lowest BCUT2D eigenvalue weighted by Gasteiger charge is -2.24. The predicted molar refractivity (Wildman–Crippen MR) is 71.5 cm³/mol. The Hall–Kier alpha value is -1.10. The van der Waals surface area contributed by atoms with Crippen LogP contribution in [-0.4, -0.2) is 47.9 Å². The predicted octanol–water partition coefficient (Wildman–Crippen LogP) is 0.254. The number of fused-ring (bicyclic) bond motifs is 2. The number of rotatable bonds is 3. The van der Waals surface area contributed by atoms with Crippen LogP contribution in [0.4, 0.5) is 0 Å². The molecule has 4 atom stereocenters. The molecule has 3 heterocycles. The Bertz CT molecular complexity index is 379. The standard InChI is InChI=1S/C14H23N3O2/c1-9(14(19)17-6-2-3-7-17)15-13(18)11-8-10-4-5-12(11)16-10/h9-12,16H,2-8H2,1H3,(H,15,18). The zero-order chi connectivity index (χ0) is 13.4. The molecule has 5 heteroatoms. The first-order chi connectivity index (χ1) is 9.15. The van der Waals surface area contributed by atoms with Gasteiger partial charge in [-0.25, -0.2) is 0 Å². The highest BCUT2D eigenvalue weighted by Gasteiger charge is 2.43. The molecule has 0 radical (unpaired) electrons. The van der Waals surface area contributed by atoms with Crippen LogP contribution in [0.2, 0.25) is 0 Å². The monoisotopic (exact) mass is 265 g/mol. The van der Waals surface area contributed by atoms with Gasteiger partial charge < -0.3 is 15.5 Å². The second-order valence-corrected chi connectivity index (χ2v) is 6.15. The average molecular weight is 265 g/mol. The summed E-state index contributed by atoms with van der Waals surface area (Å²) in [6.45, 7) is 3.49. The summed E-state index contributed by atoms with van der Waals surface area (Å²) in [6, 6.07) is 0.467. The van der Waals surface area contributed by atoms with Crippen LogP contribution >= 0.6 is 0 Å². The van der Waals surface area contributed by atoms with Crippen LogP contribution in [0.15, 0.2) is 0 Å². The largest absolute Gasteiger partial charge is 0.344 e. The molecule has 0 aromatic carbocycles. The Morgan fingerprint density at radius 1 is 1.26 bits per heavy atom. The van der Waals surface area contributed by atoms with Crippen LogP contribution < -0.4 is 10.6 Å². The van der Waals surface area contributed by atoms with E-state index in [0.717, 1.165) is 38.8 Å². The van der Waals surface area contributed by atoms with Gasteiger partial charge in [0, 0.05) is 25.2 Å². The van der Waals surface area contributed by atoms with Crippen molar-refractivity contribution in [2.24, 2.45) is 5.92 Å². The fourth-order valence-corrected chi connectivity index (χ4v) is 3.71. The third-order valence-electron chi connectivity index (χ3n) is 4.78. The maximum absolute atomic E-state index is 12.2. The smallest absolute Gasteiger partial charge is 0.244 e. The van der Waals surface area contributed by atoms with Crippen molar-refractivity contribution in [1.29, 1.82) is 0 Å². The Labute approximate surface area is 114 Å². The van der Waals surface area contributed by atoms with Gasteiger partial charge in [-0.05, 0) is 39.0 Å². The van der Waals surface area contributed by atoms with Crippen LogP contribution in [0.1, 0.15) is 39.0 Å². The number of carbonyl (C=O) groups excluding carboxylic acids is 2. The molecule has 0 spiro atoms. The topological polar surface area (TPSA) is 61.4 Å². The van der Waals surface area contributed by atoms with Crippen molar-refractivity contribution in [2.45, 2.75) is 57.2 Å². The van der Waals surface area contributed by atoms with Gasteiger partial charge in [0.1, 0.15) is 6.04 Å². The van der Waals surface area contributed by atoms with Crippen molar-refractivity contribution < 1.29 is 9.59 Å². The lowest BCUT2D eigenvalue weighted by Crippen LogP contribution is -2.49. The molecule has 3 aliphatic rings. The van der Waals surface area contributed by atoms with Gasteiger partial charge in [-0.15, -0.1) is 0 Å². The van der Waals surface area contributed by atoms with Crippen LogP contribution in [0.25, 0.3) is 0 Å². The minimum absolute atomic E-state index is 0.0553. The van der Waals surface area contributed by atoms with Gasteiger partial charge in [0.05, 0.1) is 5.92 Å². The fraction of sp³-hybridized carbons (Fsp3) is 0.857. The number of nitrogens with zero attached hydrogens (tertiary/aromatic N) is 1. The van der Waals surface area contributed by atoms with Gasteiger partial charge in [-0.1, -0.05) is 0 Å². The molecular weight excluding hydrogens is 242 g/mol. The van der Waals surface area contributed by atoms with E-state index in [0.29, 0.717) is 12.1 Å². The van der Waals surface area contributed by atoms with E-state index in [1.165, 1.54) is 6.42 Å². The number of hydrogen-bond acceptors (Lipinski definition) is 3. The number of hydrogen-bond donors (Lipinski definition) is 2. The van der Waals surface area contributed by atoms with Crippen molar-refractivity contribution in [3.63, 3.8) is 0 Å². The Kier molecular flexibility index (Phi) is 3.48. The van der Waals surface area contributed by atoms with Gasteiger partial charge in [0.15, 0.2) is 0 Å². The molecule has 5 nitrogen and oxygen atoms in total. The first kappa shape index (κ1) is 12.9. The van der Waals surface area contributed by atoms with Crippen molar-refractivity contribution >= 4 is 11.8 Å². The van der Waals surface area contributed by atoms with Crippen LogP contribution in [0.3, 0.4) is 0 Å². The van der Waals surface area contributed by atoms with E-state index < -0.39 is 0 Å². The van der Waals surface area contributed by atoms with E-state index in [2.05, 4.69) is 10.6 Å². The minimum Gasteiger partial charge on any atom is -0.344 e. The lowest BCUT2D eigenvalue weighted by molar-refractivity contribution is -0.136. The van der Waals surface area contributed by atoms with Gasteiger partial charge in [-0.3, -0.25) is 9.59 Å². The van der Waals surface area contributed by atoms with Crippen LogP contribution in [-0.2, 0) is 9.59 Å². The summed E-state index contributed by atoms with van der Waals surface area (Å²) in [7, 11) is 0. The summed E-state index contributed by atoms with van der Waals surface area (Å²) in [5, 5.41) is 6.37. The summed E-state index contributed by atoms with van der Waals surface area (Å²) >= 11 is 0. The zero-order valence-corrected chi connectivity index (χ0v) is 11.5. The Morgan fingerprint density at radius 2 is 2.00 bits per heavy atom. The van der Waals surface area contributed by atoms with Gasteiger partial charge in [-0.2, -0.15) is 0 Å². The highest BCUT2D eigenvalue weighted by Crippen LogP contribution is 2.33. The number of carbonyl (C=O) groups is 2. The second kappa shape index (κ2) is 5.12. The molecule has 2 amide bonds. The molecule has 2 N–H and O–H groups in total. The SMILES string of the molecule is CC(NC(=O)C1CC2CCC1N2)C(=O)N1CCCC1. The summed E-state index contributed by atoms with van der Waals surface area (Å²) < 4.78 is 0. The molecule has 3 aliphatic heterocycles.